The maximum Gasteiger partial charge on any atom is 0.338 e. The second-order valence-electron chi connectivity index (χ2n) is 10.6. The number of hydrogen-bond acceptors (Lipinski definition) is 7. The smallest absolute Gasteiger partial charge is 0.338 e. The van der Waals surface area contributed by atoms with Gasteiger partial charge in [0.2, 0.25) is 0 Å². The summed E-state index contributed by atoms with van der Waals surface area (Å²) >= 11 is 17.0. The first kappa shape index (κ1) is 33.7. The molecule has 0 spiro atoms. The SMILES string of the molecule is CCOC(=O)C1=C(c2ccccc2)N=c2s/c(=C\c3cc(Br)c(OCc4ccc(Cl)c(Cl)c4)c(OC)c3)c(=O)n2[C@@H]1c1ccc(F)cc1. The van der Waals surface area contributed by atoms with Crippen molar-refractivity contribution >= 4 is 68.2 Å². The summed E-state index contributed by atoms with van der Waals surface area (Å²) in [6, 6.07) is 22.8. The van der Waals surface area contributed by atoms with Crippen LogP contribution in [0.3, 0.4) is 0 Å². The summed E-state index contributed by atoms with van der Waals surface area (Å²) < 4.78 is 33.7. The molecule has 12 heteroatoms. The highest BCUT2D eigenvalue weighted by Gasteiger charge is 2.35. The van der Waals surface area contributed by atoms with Crippen LogP contribution in [0.15, 0.2) is 105 Å². The molecule has 0 aliphatic carbocycles. The van der Waals surface area contributed by atoms with Gasteiger partial charge in [0.25, 0.3) is 5.56 Å². The second kappa shape index (κ2) is 14.5. The molecule has 0 bridgehead atoms. The molecule has 0 N–H and O–H groups in total. The summed E-state index contributed by atoms with van der Waals surface area (Å²) in [5.74, 6) is -0.164. The Bertz CT molecular complexity index is 2240. The van der Waals surface area contributed by atoms with Crippen molar-refractivity contribution < 1.29 is 23.4 Å². The minimum atomic E-state index is -0.920. The number of halogens is 4. The first-order chi connectivity index (χ1) is 23.2. The molecule has 1 aliphatic heterocycles. The van der Waals surface area contributed by atoms with Gasteiger partial charge in [0.15, 0.2) is 16.3 Å². The molecule has 2 heterocycles. The maximum absolute atomic E-state index is 14.2. The molecule has 0 unspecified atom stereocenters. The van der Waals surface area contributed by atoms with Crippen molar-refractivity contribution in [1.29, 1.82) is 0 Å². The summed E-state index contributed by atoms with van der Waals surface area (Å²) in [5.41, 5.74) is 2.86. The van der Waals surface area contributed by atoms with Crippen LogP contribution in [0.5, 0.6) is 11.5 Å². The Kier molecular flexibility index (Phi) is 10.2. The Hall–Kier alpha value is -4.22. The van der Waals surface area contributed by atoms with Gasteiger partial charge in [-0.15, -0.1) is 0 Å². The van der Waals surface area contributed by atoms with E-state index in [-0.39, 0.29) is 24.3 Å². The van der Waals surface area contributed by atoms with Crippen LogP contribution in [0.4, 0.5) is 4.39 Å². The molecule has 4 aromatic carbocycles. The van der Waals surface area contributed by atoms with Gasteiger partial charge in [-0.2, -0.15) is 0 Å². The fourth-order valence-corrected chi connectivity index (χ4v) is 7.20. The third kappa shape index (κ3) is 6.84. The van der Waals surface area contributed by atoms with Crippen LogP contribution >= 0.6 is 50.5 Å². The van der Waals surface area contributed by atoms with Crippen LogP contribution in [-0.2, 0) is 16.1 Å². The Balaban J connectivity index is 1.47. The van der Waals surface area contributed by atoms with E-state index in [4.69, 9.17) is 42.4 Å². The van der Waals surface area contributed by atoms with Crippen molar-refractivity contribution in [1.82, 2.24) is 4.57 Å². The van der Waals surface area contributed by atoms with Crippen LogP contribution in [0.2, 0.25) is 10.0 Å². The molecule has 7 nitrogen and oxygen atoms in total. The summed E-state index contributed by atoms with van der Waals surface area (Å²) in [6.07, 6.45) is 1.72. The molecule has 244 valence electrons. The van der Waals surface area contributed by atoms with E-state index in [9.17, 15) is 14.0 Å². The van der Waals surface area contributed by atoms with Crippen LogP contribution in [-0.4, -0.2) is 24.3 Å². The lowest BCUT2D eigenvalue weighted by Crippen LogP contribution is -2.40. The molecule has 5 aromatic rings. The number of fused-ring (bicyclic) bond motifs is 1. The molecule has 1 atom stereocenters. The number of benzene rings is 4. The van der Waals surface area contributed by atoms with Gasteiger partial charge < -0.3 is 14.2 Å². The summed E-state index contributed by atoms with van der Waals surface area (Å²) in [6.45, 7) is 2.04. The first-order valence-corrected chi connectivity index (χ1v) is 17.0. The molecule has 6 rings (SSSR count). The van der Waals surface area contributed by atoms with E-state index in [1.54, 1.807) is 43.3 Å². The van der Waals surface area contributed by atoms with Crippen molar-refractivity contribution in [3.8, 4) is 11.5 Å². The number of hydrogen-bond donors (Lipinski definition) is 0. The minimum Gasteiger partial charge on any atom is -0.493 e. The number of methoxy groups -OCH3 is 1. The average molecular weight is 768 g/mol. The van der Waals surface area contributed by atoms with Crippen molar-refractivity contribution in [3.05, 3.63) is 153 Å². The number of carbonyl (C=O) groups excluding carboxylic acids is 1. The Morgan fingerprint density at radius 1 is 1.04 bits per heavy atom. The number of esters is 1. The summed E-state index contributed by atoms with van der Waals surface area (Å²) in [7, 11) is 1.52. The molecule has 0 fully saturated rings. The Labute approximate surface area is 297 Å². The number of aromatic nitrogens is 1. The highest BCUT2D eigenvalue weighted by Crippen LogP contribution is 2.38. The van der Waals surface area contributed by atoms with Crippen LogP contribution < -0.4 is 24.4 Å². The minimum absolute atomic E-state index is 0.120. The zero-order valence-corrected chi connectivity index (χ0v) is 29.4. The molecule has 48 heavy (non-hydrogen) atoms. The third-order valence-corrected chi connectivity index (χ3v) is 9.79. The van der Waals surface area contributed by atoms with Crippen LogP contribution in [0.1, 0.15) is 35.2 Å². The fourth-order valence-electron chi connectivity index (χ4n) is 5.30. The van der Waals surface area contributed by atoms with E-state index in [0.717, 1.165) is 5.56 Å². The van der Waals surface area contributed by atoms with Gasteiger partial charge >= 0.3 is 5.97 Å². The van der Waals surface area contributed by atoms with E-state index in [0.29, 0.717) is 57.7 Å². The van der Waals surface area contributed by atoms with Crippen LogP contribution in [0, 0.1) is 5.82 Å². The zero-order valence-electron chi connectivity index (χ0n) is 25.5. The lowest BCUT2D eigenvalue weighted by atomic mass is 9.93. The molecule has 0 saturated carbocycles. The number of rotatable bonds is 9. The topological polar surface area (TPSA) is 79.1 Å². The summed E-state index contributed by atoms with van der Waals surface area (Å²) in [4.78, 5) is 33.0. The van der Waals surface area contributed by atoms with Gasteiger partial charge in [-0.1, -0.05) is 83.1 Å². The van der Waals surface area contributed by atoms with E-state index in [1.165, 1.54) is 35.1 Å². The molecule has 0 saturated heterocycles. The molecule has 1 aromatic heterocycles. The largest absolute Gasteiger partial charge is 0.493 e. The van der Waals surface area contributed by atoms with E-state index >= 15 is 0 Å². The lowest BCUT2D eigenvalue weighted by molar-refractivity contribution is -0.138. The number of ether oxygens (including phenoxy) is 3. The van der Waals surface area contributed by atoms with Crippen molar-refractivity contribution in [2.45, 2.75) is 19.6 Å². The van der Waals surface area contributed by atoms with E-state index in [2.05, 4.69) is 15.9 Å². The fraction of sp³-hybridized carbons (Fsp3) is 0.139. The summed E-state index contributed by atoms with van der Waals surface area (Å²) in [5, 5.41) is 0.874. The average Bonchev–Trinajstić information content (AvgIpc) is 3.39. The highest BCUT2D eigenvalue weighted by atomic mass is 79.9. The van der Waals surface area contributed by atoms with Gasteiger partial charge in [-0.3, -0.25) is 9.36 Å². The van der Waals surface area contributed by atoms with Gasteiger partial charge in [0.05, 0.1) is 50.1 Å². The van der Waals surface area contributed by atoms with Crippen molar-refractivity contribution in [2.24, 2.45) is 4.99 Å². The maximum atomic E-state index is 14.2. The van der Waals surface area contributed by atoms with E-state index in [1.807, 2.05) is 42.5 Å². The van der Waals surface area contributed by atoms with Gasteiger partial charge in [-0.25, -0.2) is 14.2 Å². The molecular formula is C36H26BrCl2FN2O5S. The molecule has 0 radical (unpaired) electrons. The molecular weight excluding hydrogens is 742 g/mol. The number of thiazole rings is 1. The standard InChI is InChI=1S/C36H26BrCl2FN2O5S/c1-3-46-35(44)30-31(22-7-5-4-6-8-22)41-36-42(32(30)23-10-12-24(40)13-11-23)34(43)29(48-36)18-21-15-25(37)33(28(17-21)45-2)47-19-20-9-14-26(38)27(39)16-20/h4-18,32H,3,19H2,1-2H3/b29-18-/t32-/m1/s1. The quantitative estimate of drug-likeness (QED) is 0.144. The van der Waals surface area contributed by atoms with Gasteiger partial charge in [0, 0.05) is 5.56 Å². The number of nitrogens with zero attached hydrogens (tertiary/aromatic N) is 2. The van der Waals surface area contributed by atoms with E-state index < -0.39 is 17.8 Å². The Morgan fingerprint density at radius 2 is 1.79 bits per heavy atom. The van der Waals surface area contributed by atoms with Gasteiger partial charge in [-0.05, 0) is 82.0 Å². The van der Waals surface area contributed by atoms with Crippen LogP contribution in [0.25, 0.3) is 11.8 Å². The number of carbonyl (C=O) groups is 1. The van der Waals surface area contributed by atoms with Gasteiger partial charge in [0.1, 0.15) is 12.4 Å². The predicted octanol–water partition coefficient (Wildman–Crippen LogP) is 7.73. The first-order valence-electron chi connectivity index (χ1n) is 14.7. The second-order valence-corrected chi connectivity index (χ2v) is 13.2. The lowest BCUT2D eigenvalue weighted by Gasteiger charge is -2.25. The third-order valence-electron chi connectivity index (χ3n) is 7.48. The Morgan fingerprint density at radius 3 is 2.48 bits per heavy atom. The monoisotopic (exact) mass is 766 g/mol. The van der Waals surface area contributed by atoms with Crippen molar-refractivity contribution in [2.75, 3.05) is 13.7 Å². The molecule has 1 aliphatic rings. The predicted molar refractivity (Wildman–Crippen MR) is 189 cm³/mol. The zero-order chi connectivity index (χ0) is 33.9. The highest BCUT2D eigenvalue weighted by molar-refractivity contribution is 9.10. The molecule has 0 amide bonds. The normalized spacial score (nSPS) is 14.4. The van der Waals surface area contributed by atoms with Crippen molar-refractivity contribution in [3.63, 3.8) is 0 Å².